The van der Waals surface area contributed by atoms with Crippen LogP contribution in [0.5, 0.6) is 5.75 Å². The molecule has 12 N–H and O–H groups in total. The molecule has 0 aromatic heterocycles. The minimum atomic E-state index is -0.684. The molecule has 0 saturated carbocycles. The molecule has 17 nitrogen and oxygen atoms in total. The van der Waals surface area contributed by atoms with Gasteiger partial charge in [-0.05, 0) is 59.8 Å². The number of nitrogens with one attached hydrogen (secondary N) is 9. The van der Waals surface area contributed by atoms with Crippen LogP contribution in [0.1, 0.15) is 37.8 Å². The molecule has 3 saturated heterocycles. The van der Waals surface area contributed by atoms with E-state index in [1.54, 1.807) is 24.3 Å². The average molecular weight is 869 g/mol. The number of phenolic OH excluding ortho intramolecular Hbond substituents is 1. The van der Waals surface area contributed by atoms with Crippen molar-refractivity contribution in [2.24, 2.45) is 35.3 Å². The summed E-state index contributed by atoms with van der Waals surface area (Å²) in [6.07, 6.45) is 1.13. The van der Waals surface area contributed by atoms with Crippen LogP contribution in [0.4, 0.5) is 0 Å². The minimum Gasteiger partial charge on any atom is -0.508 e. The van der Waals surface area contributed by atoms with Gasteiger partial charge in [0.2, 0.25) is 35.4 Å². The maximum Gasteiger partial charge on any atom is 0.226 e. The fraction of sp³-hybridized carbons (Fsp3) is 0.522. The number of hydrogen-bond donors (Lipinski definition) is 11. The number of primary amides is 1. The number of amides is 6. The molecule has 3 fully saturated rings. The molecule has 0 aliphatic carbocycles. The minimum absolute atomic E-state index is 0.0114. The number of benzene rings is 3. The first-order chi connectivity index (χ1) is 30.3. The molecule has 3 heterocycles. The van der Waals surface area contributed by atoms with E-state index in [0.717, 1.165) is 21.9 Å². The van der Waals surface area contributed by atoms with Crippen molar-refractivity contribution in [1.29, 1.82) is 0 Å². The van der Waals surface area contributed by atoms with E-state index in [-0.39, 0.29) is 73.1 Å². The van der Waals surface area contributed by atoms with E-state index in [0.29, 0.717) is 45.7 Å². The second kappa shape index (κ2) is 22.1. The number of nitrogens with two attached hydrogens (primary N) is 1. The summed E-state index contributed by atoms with van der Waals surface area (Å²) in [6.45, 7) is 6.05. The first kappa shape index (κ1) is 46.9. The Balaban J connectivity index is 1.04. The van der Waals surface area contributed by atoms with Crippen LogP contribution in [-0.2, 0) is 41.6 Å². The lowest BCUT2D eigenvalue weighted by atomic mass is 9.95. The molecule has 17 heteroatoms. The van der Waals surface area contributed by atoms with Crippen LogP contribution in [0, 0.1) is 29.6 Å². The topological polar surface area (TPSA) is 257 Å². The second-order valence-corrected chi connectivity index (χ2v) is 17.6. The third-order valence-electron chi connectivity index (χ3n) is 12.7. The van der Waals surface area contributed by atoms with Gasteiger partial charge in [0.1, 0.15) is 5.75 Å². The summed E-state index contributed by atoms with van der Waals surface area (Å²) in [7, 11) is 1.83. The zero-order valence-electron chi connectivity index (χ0n) is 36.4. The van der Waals surface area contributed by atoms with Gasteiger partial charge in [0.15, 0.2) is 0 Å². The highest BCUT2D eigenvalue weighted by molar-refractivity contribution is 5.88. The molecule has 0 unspecified atom stereocenters. The number of carbonyl (C=O) groups is 6. The van der Waals surface area contributed by atoms with Gasteiger partial charge in [0, 0.05) is 70.7 Å². The van der Waals surface area contributed by atoms with E-state index < -0.39 is 53.7 Å². The smallest absolute Gasteiger partial charge is 0.226 e. The van der Waals surface area contributed by atoms with E-state index in [2.05, 4.69) is 72.1 Å². The van der Waals surface area contributed by atoms with Gasteiger partial charge in [-0.3, -0.25) is 28.8 Å². The average Bonchev–Trinajstić information content (AvgIpc) is 4.04. The quantitative estimate of drug-likeness (QED) is 0.0669. The maximum atomic E-state index is 14.1. The van der Waals surface area contributed by atoms with Gasteiger partial charge in [0.05, 0.1) is 41.8 Å². The van der Waals surface area contributed by atoms with Crippen molar-refractivity contribution in [1.82, 2.24) is 47.9 Å². The third kappa shape index (κ3) is 12.7. The first-order valence-electron chi connectivity index (χ1n) is 22.1. The Hall–Kier alpha value is -5.62. The Morgan fingerprint density at radius 1 is 0.698 bits per heavy atom. The van der Waals surface area contributed by atoms with Gasteiger partial charge in [0.25, 0.3) is 0 Å². The molecule has 340 valence electrons. The highest BCUT2D eigenvalue weighted by Crippen LogP contribution is 2.22. The van der Waals surface area contributed by atoms with E-state index in [4.69, 9.17) is 5.73 Å². The summed E-state index contributed by atoms with van der Waals surface area (Å²) >= 11 is 0. The van der Waals surface area contributed by atoms with Gasteiger partial charge in [-0.15, -0.1) is 0 Å². The number of rotatable bonds is 20. The predicted molar refractivity (Wildman–Crippen MR) is 239 cm³/mol. The Morgan fingerprint density at radius 2 is 1.32 bits per heavy atom. The van der Waals surface area contributed by atoms with Gasteiger partial charge >= 0.3 is 0 Å². The van der Waals surface area contributed by atoms with Crippen LogP contribution in [0.15, 0.2) is 66.7 Å². The lowest BCUT2D eigenvalue weighted by Crippen LogP contribution is -2.54. The van der Waals surface area contributed by atoms with Crippen LogP contribution in [0.3, 0.4) is 0 Å². The van der Waals surface area contributed by atoms with Crippen molar-refractivity contribution in [2.75, 3.05) is 52.9 Å². The fourth-order valence-electron chi connectivity index (χ4n) is 8.86. The van der Waals surface area contributed by atoms with E-state index in [1.807, 2.05) is 39.1 Å². The molecule has 3 aliphatic rings. The lowest BCUT2D eigenvalue weighted by Gasteiger charge is -2.28. The summed E-state index contributed by atoms with van der Waals surface area (Å²) in [5, 5.41) is 40.0. The van der Waals surface area contributed by atoms with Crippen LogP contribution in [0.25, 0.3) is 10.8 Å². The first-order valence-corrected chi connectivity index (χ1v) is 22.1. The lowest BCUT2D eigenvalue weighted by molar-refractivity contribution is -0.129. The Labute approximate surface area is 368 Å². The molecule has 3 aromatic carbocycles. The summed E-state index contributed by atoms with van der Waals surface area (Å²) in [5.41, 5.74) is 7.43. The third-order valence-corrected chi connectivity index (χ3v) is 12.7. The Bertz CT molecular complexity index is 2080. The molecule has 9 atom stereocenters. The molecule has 3 aliphatic heterocycles. The number of aromatic hydroxyl groups is 1. The summed E-state index contributed by atoms with van der Waals surface area (Å²) in [4.78, 5) is 79.9. The highest BCUT2D eigenvalue weighted by atomic mass is 16.3. The monoisotopic (exact) mass is 868 g/mol. The molecule has 0 spiro atoms. The molecule has 0 radical (unpaired) electrons. The number of fused-ring (bicyclic) bond motifs is 1. The van der Waals surface area contributed by atoms with Crippen molar-refractivity contribution in [3.63, 3.8) is 0 Å². The molecule has 6 amide bonds. The van der Waals surface area contributed by atoms with Gasteiger partial charge < -0.3 is 58.7 Å². The van der Waals surface area contributed by atoms with E-state index in [1.165, 1.54) is 0 Å². The van der Waals surface area contributed by atoms with Crippen molar-refractivity contribution in [2.45, 2.75) is 69.7 Å². The molecular weight excluding hydrogens is 805 g/mol. The number of hydrogen-bond acceptors (Lipinski definition) is 11. The van der Waals surface area contributed by atoms with Crippen molar-refractivity contribution in [3.05, 3.63) is 77.9 Å². The van der Waals surface area contributed by atoms with Crippen molar-refractivity contribution >= 4 is 46.2 Å². The standard InChI is InChI=1S/C46H64N10O7/c1-26(2)37(18-42(59)53-38-23-49-20-34(38)43(47)60)54-45(62)36-22-51-25-40(36)56-46(63)35-21-50-24-39(35)55-44(61)30(15-27-11-13-32(57)14-12-27)19-52-41(58)17-31(48-3)16-29-9-6-8-28-7-4-5-10-33(28)29/h4-14,26,30-31,34-40,48-51,57H,15-25H2,1-3H3,(H2,47,60)(H,52,58)(H,53,59)(H,54,62)(H,55,61)(H,56,63)/t30-,31-,34-,35-,36-,37+,38-,39-,40-/m0/s1. The van der Waals surface area contributed by atoms with E-state index >= 15 is 0 Å². The highest BCUT2D eigenvalue weighted by Gasteiger charge is 2.41. The molecular formula is C46H64N10O7. The normalized spacial score (nSPS) is 23.4. The van der Waals surface area contributed by atoms with E-state index in [9.17, 15) is 33.9 Å². The fourth-order valence-corrected chi connectivity index (χ4v) is 8.86. The summed E-state index contributed by atoms with van der Waals surface area (Å²) in [5.74, 6) is -4.32. The van der Waals surface area contributed by atoms with Crippen LogP contribution in [0.2, 0.25) is 0 Å². The number of carbonyl (C=O) groups excluding carboxylic acids is 6. The summed E-state index contributed by atoms with van der Waals surface area (Å²) < 4.78 is 0. The van der Waals surface area contributed by atoms with Gasteiger partial charge in [-0.2, -0.15) is 0 Å². The molecule has 0 bridgehead atoms. The van der Waals surface area contributed by atoms with Crippen LogP contribution in [-0.4, -0.2) is 124 Å². The maximum absolute atomic E-state index is 14.1. The largest absolute Gasteiger partial charge is 0.508 e. The van der Waals surface area contributed by atoms with Crippen LogP contribution >= 0.6 is 0 Å². The van der Waals surface area contributed by atoms with Gasteiger partial charge in [-0.1, -0.05) is 68.4 Å². The zero-order valence-corrected chi connectivity index (χ0v) is 36.4. The Kier molecular flexibility index (Phi) is 16.5. The molecule has 3 aromatic rings. The summed E-state index contributed by atoms with van der Waals surface area (Å²) in [6, 6.07) is 18.7. The van der Waals surface area contributed by atoms with Gasteiger partial charge in [-0.25, -0.2) is 0 Å². The van der Waals surface area contributed by atoms with Crippen molar-refractivity contribution in [3.8, 4) is 5.75 Å². The number of likely N-dealkylation sites (N-methyl/N-ethyl adjacent to an activating group) is 1. The second-order valence-electron chi connectivity index (χ2n) is 17.6. The number of phenols is 1. The molecule has 6 rings (SSSR count). The SMILES string of the molecule is CN[C@H](CC(=O)NC[C@H](Cc1ccc(O)cc1)C(=O)N[C@H]1CNC[C@@H]1C(=O)N[C@H]1CNC[C@@H]1C(=O)N[C@H](CC(=O)N[C@H]1CNC[C@@H]1C(N)=O)C(C)C)Cc1cccc2ccccc12. The predicted octanol–water partition coefficient (Wildman–Crippen LogP) is -0.830. The zero-order chi connectivity index (χ0) is 45.0. The van der Waals surface area contributed by atoms with Crippen molar-refractivity contribution < 1.29 is 33.9 Å². The Morgan fingerprint density at radius 3 is 1.98 bits per heavy atom. The van der Waals surface area contributed by atoms with Crippen LogP contribution < -0.4 is 53.6 Å². The molecule has 63 heavy (non-hydrogen) atoms.